The van der Waals surface area contributed by atoms with Crippen LogP contribution >= 0.6 is 0 Å². The van der Waals surface area contributed by atoms with Crippen LogP contribution in [0.3, 0.4) is 0 Å². The molecule has 0 bridgehead atoms. The highest BCUT2D eigenvalue weighted by Gasteiger charge is 2.52. The molecule has 0 rings (SSSR count). The molecule has 0 aromatic carbocycles. The van der Waals surface area contributed by atoms with Gasteiger partial charge in [-0.15, -0.1) is 0 Å². The Balaban J connectivity index is 6.06. The largest absolute Gasteiger partial charge is 0.433 e. The number of hydrogen-bond acceptors (Lipinski definition) is 3. The summed E-state index contributed by atoms with van der Waals surface area (Å²) in [5.74, 6) is 0. The van der Waals surface area contributed by atoms with Crippen LogP contribution < -0.4 is 0 Å². The molecule has 152 valence electrons. The van der Waals surface area contributed by atoms with Gasteiger partial charge in [-0.25, -0.2) is 0 Å². The van der Waals surface area contributed by atoms with Crippen molar-refractivity contribution in [1.82, 2.24) is 9.13 Å². The molecule has 0 spiro atoms. The second-order valence-electron chi connectivity index (χ2n) is 12.3. The van der Waals surface area contributed by atoms with Crippen LogP contribution in [-0.4, -0.2) is 48.2 Å². The average molecular weight is 389 g/mol. The van der Waals surface area contributed by atoms with Crippen LogP contribution in [0.25, 0.3) is 0 Å². The van der Waals surface area contributed by atoms with Crippen molar-refractivity contribution < 1.29 is 4.12 Å². The molecule has 0 fully saturated rings. The number of rotatable bonds is 4. The minimum absolute atomic E-state index is 0.0761. The maximum Gasteiger partial charge on any atom is 0.256 e. The molecule has 0 unspecified atom stereocenters. The second-order valence-corrected chi connectivity index (χ2v) is 19.8. The molecule has 0 atom stereocenters. The van der Waals surface area contributed by atoms with Gasteiger partial charge in [0.25, 0.3) is 17.0 Å². The third kappa shape index (κ3) is 6.76. The van der Waals surface area contributed by atoms with Gasteiger partial charge in [0.05, 0.1) is 0 Å². The van der Waals surface area contributed by atoms with Crippen molar-refractivity contribution in [2.75, 3.05) is 0 Å². The van der Waals surface area contributed by atoms with Crippen molar-refractivity contribution in [2.24, 2.45) is 0 Å². The summed E-state index contributed by atoms with van der Waals surface area (Å²) in [5.41, 5.74) is 0.305. The van der Waals surface area contributed by atoms with Crippen LogP contribution in [0, 0.1) is 0 Å². The lowest BCUT2D eigenvalue weighted by atomic mass is 10.0. The van der Waals surface area contributed by atoms with Gasteiger partial charge in [-0.1, -0.05) is 0 Å². The van der Waals surface area contributed by atoms with E-state index in [1.165, 1.54) is 0 Å². The predicted molar refractivity (Wildman–Crippen MR) is 119 cm³/mol. The minimum Gasteiger partial charge on any atom is -0.433 e. The molecule has 0 N–H and O–H groups in total. The van der Waals surface area contributed by atoms with Crippen LogP contribution in [0.15, 0.2) is 0 Å². The van der Waals surface area contributed by atoms with Gasteiger partial charge < -0.3 is 4.12 Å². The summed E-state index contributed by atoms with van der Waals surface area (Å²) in [7, 11) is -4.21. The van der Waals surface area contributed by atoms with Crippen molar-refractivity contribution in [1.29, 1.82) is 0 Å². The highest BCUT2D eigenvalue weighted by atomic mass is 28.4. The zero-order valence-corrected chi connectivity index (χ0v) is 22.3. The molecule has 0 amide bonds. The van der Waals surface area contributed by atoms with E-state index in [9.17, 15) is 0 Å². The molecule has 0 radical (unpaired) electrons. The van der Waals surface area contributed by atoms with Crippen molar-refractivity contribution >= 4 is 17.0 Å². The molecule has 25 heavy (non-hydrogen) atoms. The lowest BCUT2D eigenvalue weighted by molar-refractivity contribution is 0.0833. The quantitative estimate of drug-likeness (QED) is 0.533. The Bertz CT molecular complexity index is 376. The van der Waals surface area contributed by atoms with E-state index >= 15 is 0 Å². The third-order valence-electron chi connectivity index (χ3n) is 4.26. The highest BCUT2D eigenvalue weighted by molar-refractivity contribution is 6.82. The monoisotopic (exact) mass is 388 g/mol. The van der Waals surface area contributed by atoms with E-state index < -0.39 is 17.0 Å². The Morgan fingerprint density at radius 2 is 0.600 bits per heavy atom. The summed E-state index contributed by atoms with van der Waals surface area (Å²) >= 11 is 0. The first-order valence-electron chi connectivity index (χ1n) is 9.75. The van der Waals surface area contributed by atoms with Crippen molar-refractivity contribution in [2.45, 2.75) is 131 Å². The van der Waals surface area contributed by atoms with Crippen LogP contribution in [0.4, 0.5) is 0 Å². The Morgan fingerprint density at radius 3 is 0.720 bits per heavy atom. The maximum atomic E-state index is 7.19. The fourth-order valence-electron chi connectivity index (χ4n) is 5.95. The van der Waals surface area contributed by atoms with E-state index in [4.69, 9.17) is 4.12 Å². The van der Waals surface area contributed by atoms with Gasteiger partial charge in [0.1, 0.15) is 0 Å². The molecule has 0 aromatic heterocycles. The molecule has 0 saturated heterocycles. The highest BCUT2D eigenvalue weighted by Crippen LogP contribution is 2.38. The summed E-state index contributed by atoms with van der Waals surface area (Å²) in [6, 6.07) is 0. The number of nitrogens with zero attached hydrogens (tertiary/aromatic N) is 2. The fraction of sp³-hybridized carbons (Fsp3) is 1.00. The Labute approximate surface area is 161 Å². The predicted octanol–water partition coefficient (Wildman–Crippen LogP) is 6.20. The van der Waals surface area contributed by atoms with E-state index in [2.05, 4.69) is 118 Å². The normalized spacial score (nSPS) is 16.1. The van der Waals surface area contributed by atoms with Gasteiger partial charge in [-0.05, 0) is 109 Å². The molecule has 0 aliphatic heterocycles. The van der Waals surface area contributed by atoms with E-state index in [0.717, 1.165) is 0 Å². The molecule has 0 aliphatic carbocycles. The summed E-state index contributed by atoms with van der Waals surface area (Å²) in [6.07, 6.45) is 0. The van der Waals surface area contributed by atoms with Gasteiger partial charge in [0.2, 0.25) is 0 Å². The van der Waals surface area contributed by atoms with Gasteiger partial charge >= 0.3 is 0 Å². The zero-order chi connectivity index (χ0) is 20.9. The Morgan fingerprint density at radius 1 is 0.440 bits per heavy atom. The maximum absolute atomic E-state index is 7.19. The van der Waals surface area contributed by atoms with Crippen LogP contribution in [0.2, 0.25) is 26.2 Å². The average Bonchev–Trinajstić information content (AvgIpc) is 1.98. The molecular weight excluding hydrogens is 340 g/mol. The van der Waals surface area contributed by atoms with Crippen molar-refractivity contribution in [3.63, 3.8) is 0 Å². The standard InChI is InChI=1S/C20H48N2OSi2/c1-17(2,3)21(18(4,5)6)24(13,14)23-25(15,16)22(19(7,8)9)20(10,11)12/h1-16H3. The van der Waals surface area contributed by atoms with E-state index in [-0.39, 0.29) is 22.2 Å². The van der Waals surface area contributed by atoms with Gasteiger partial charge in [-0.2, -0.15) is 0 Å². The smallest absolute Gasteiger partial charge is 0.256 e. The number of hydrogen-bond donors (Lipinski definition) is 0. The summed E-state index contributed by atoms with van der Waals surface area (Å²) in [5, 5.41) is 0. The van der Waals surface area contributed by atoms with E-state index in [0.29, 0.717) is 0 Å². The van der Waals surface area contributed by atoms with E-state index in [1.54, 1.807) is 0 Å². The van der Waals surface area contributed by atoms with Crippen LogP contribution in [0.5, 0.6) is 0 Å². The van der Waals surface area contributed by atoms with Gasteiger partial charge in [0, 0.05) is 22.2 Å². The van der Waals surface area contributed by atoms with Crippen molar-refractivity contribution in [3.05, 3.63) is 0 Å². The first-order chi connectivity index (χ1) is 10.4. The van der Waals surface area contributed by atoms with Crippen molar-refractivity contribution in [3.8, 4) is 0 Å². The zero-order valence-electron chi connectivity index (χ0n) is 20.3. The molecule has 3 nitrogen and oxygen atoms in total. The summed E-state index contributed by atoms with van der Waals surface area (Å²) in [4.78, 5) is 0. The first kappa shape index (κ1) is 25.3. The van der Waals surface area contributed by atoms with Crippen LogP contribution in [-0.2, 0) is 4.12 Å². The van der Waals surface area contributed by atoms with Crippen LogP contribution in [0.1, 0.15) is 83.1 Å². The third-order valence-corrected chi connectivity index (χ3v) is 13.1. The summed E-state index contributed by atoms with van der Waals surface area (Å²) in [6.45, 7) is 37.3. The lowest BCUT2D eigenvalue weighted by Crippen LogP contribution is -2.73. The molecule has 0 aromatic rings. The molecule has 0 saturated carbocycles. The van der Waals surface area contributed by atoms with Gasteiger partial charge in [0.15, 0.2) is 0 Å². The second kappa shape index (κ2) is 7.04. The Kier molecular flexibility index (Phi) is 7.13. The molecule has 5 heteroatoms. The lowest BCUT2D eigenvalue weighted by Gasteiger charge is -2.59. The first-order valence-corrected chi connectivity index (χ1v) is 15.5. The molecular formula is C20H48N2OSi2. The van der Waals surface area contributed by atoms with E-state index in [1.807, 2.05) is 0 Å². The summed E-state index contributed by atoms with van der Waals surface area (Å²) < 4.78 is 12.5. The minimum atomic E-state index is -2.11. The molecule has 0 aliphatic rings. The fourth-order valence-corrected chi connectivity index (χ4v) is 18.0. The molecule has 0 heterocycles. The van der Waals surface area contributed by atoms with Gasteiger partial charge in [-0.3, -0.25) is 9.13 Å². The topological polar surface area (TPSA) is 15.7 Å². The SMILES string of the molecule is CC(C)(C)N(C(C)(C)C)[Si](C)(C)O[Si](C)(C)N(C(C)(C)C)C(C)(C)C. The Hall–Kier alpha value is 0.314.